The van der Waals surface area contributed by atoms with E-state index in [1.807, 2.05) is 22.6 Å². The van der Waals surface area contributed by atoms with Crippen LogP contribution in [0.2, 0.25) is 0 Å². The third-order valence-electron chi connectivity index (χ3n) is 3.03. The molecular weight excluding hydrogens is 472 g/mol. The molecule has 3 nitrogen and oxygen atoms in total. The molecule has 0 bridgehead atoms. The highest BCUT2D eigenvalue weighted by atomic mass is 127. The number of nitrogens with zero attached hydrogens (tertiary/aromatic N) is 1. The van der Waals surface area contributed by atoms with Gasteiger partial charge in [-0.15, -0.1) is 0 Å². The molecule has 3 aromatic rings. The van der Waals surface area contributed by atoms with Gasteiger partial charge in [0.1, 0.15) is 5.82 Å². The molecule has 7 heteroatoms. The molecule has 0 saturated heterocycles. The summed E-state index contributed by atoms with van der Waals surface area (Å²) in [6, 6.07) is 12.3. The minimum absolute atomic E-state index is 0.167. The van der Waals surface area contributed by atoms with Crippen LogP contribution in [0.5, 0.6) is 0 Å². The summed E-state index contributed by atoms with van der Waals surface area (Å²) in [5.41, 5.74) is 0.315. The molecule has 21 heavy (non-hydrogen) atoms. The fraction of sp³-hybridized carbons (Fsp3) is 0. The number of rotatable bonds is 2. The molecule has 0 atom stereocenters. The van der Waals surface area contributed by atoms with Gasteiger partial charge in [-0.3, -0.25) is 0 Å². The van der Waals surface area contributed by atoms with Crippen LogP contribution in [-0.4, -0.2) is 12.4 Å². The molecule has 1 heterocycles. The average molecular weight is 480 g/mol. The summed E-state index contributed by atoms with van der Waals surface area (Å²) in [6.45, 7) is 0. The molecule has 0 saturated carbocycles. The van der Waals surface area contributed by atoms with Gasteiger partial charge < -0.3 is 0 Å². The van der Waals surface area contributed by atoms with E-state index in [9.17, 15) is 12.8 Å². The smallest absolute Gasteiger partial charge is 0.228 e. The average Bonchev–Trinajstić information content (AvgIpc) is 2.77. The van der Waals surface area contributed by atoms with Crippen LogP contribution in [0.3, 0.4) is 0 Å². The highest BCUT2D eigenvalue weighted by Gasteiger charge is 2.23. The topological polar surface area (TPSA) is 39.1 Å². The molecule has 0 spiro atoms. The fourth-order valence-electron chi connectivity index (χ4n) is 2.12. The lowest BCUT2D eigenvalue weighted by atomic mass is 10.2. The van der Waals surface area contributed by atoms with Gasteiger partial charge >= 0.3 is 0 Å². The number of hydrogen-bond acceptors (Lipinski definition) is 2. The summed E-state index contributed by atoms with van der Waals surface area (Å²) in [6.07, 6.45) is 0. The summed E-state index contributed by atoms with van der Waals surface area (Å²) in [7, 11) is -3.76. The normalized spacial score (nSPS) is 12.0. The Hall–Kier alpha value is -0.930. The fourth-order valence-corrected chi connectivity index (χ4v) is 5.41. The molecule has 0 N–H and O–H groups in total. The first kappa shape index (κ1) is 15.0. The molecule has 0 fully saturated rings. The molecule has 3 rings (SSSR count). The highest BCUT2D eigenvalue weighted by Crippen LogP contribution is 2.32. The summed E-state index contributed by atoms with van der Waals surface area (Å²) in [5.74, 6) is -0.492. The quantitative estimate of drug-likeness (QED) is 0.511. The van der Waals surface area contributed by atoms with Crippen LogP contribution in [0.25, 0.3) is 10.9 Å². The van der Waals surface area contributed by atoms with E-state index in [0.717, 1.165) is 3.97 Å². The Kier molecular flexibility index (Phi) is 3.83. The van der Waals surface area contributed by atoms with Gasteiger partial charge in [-0.25, -0.2) is 16.8 Å². The van der Waals surface area contributed by atoms with Crippen LogP contribution >= 0.6 is 38.5 Å². The van der Waals surface area contributed by atoms with Crippen molar-refractivity contribution < 1.29 is 12.8 Å². The van der Waals surface area contributed by atoms with Crippen molar-refractivity contribution in [1.29, 1.82) is 0 Å². The van der Waals surface area contributed by atoms with Crippen molar-refractivity contribution in [3.05, 3.63) is 62.5 Å². The zero-order valence-electron chi connectivity index (χ0n) is 10.4. The van der Waals surface area contributed by atoms with Crippen molar-refractivity contribution in [1.82, 2.24) is 3.97 Å². The van der Waals surface area contributed by atoms with Gasteiger partial charge in [-0.1, -0.05) is 18.2 Å². The van der Waals surface area contributed by atoms with Gasteiger partial charge in [0.2, 0.25) is 0 Å². The molecule has 108 valence electrons. The van der Waals surface area contributed by atoms with Crippen LogP contribution in [-0.2, 0) is 10.0 Å². The van der Waals surface area contributed by atoms with Crippen molar-refractivity contribution in [3.8, 4) is 0 Å². The first-order chi connectivity index (χ1) is 9.91. The van der Waals surface area contributed by atoms with Crippen LogP contribution in [0.15, 0.2) is 57.9 Å². The Morgan fingerprint density at radius 1 is 1.10 bits per heavy atom. The predicted molar refractivity (Wildman–Crippen MR) is 91.3 cm³/mol. The summed E-state index contributed by atoms with van der Waals surface area (Å²) >= 11 is 5.20. The standard InChI is InChI=1S/C14H8BrFINO2S/c15-12-6-9(16)7-13-11(12)8-14(17)18(13)21(19,20)10-4-2-1-3-5-10/h1-8H. The van der Waals surface area contributed by atoms with E-state index < -0.39 is 15.8 Å². The van der Waals surface area contributed by atoms with Crippen LogP contribution in [0, 0.1) is 9.52 Å². The van der Waals surface area contributed by atoms with E-state index in [1.54, 1.807) is 24.3 Å². The molecule has 1 aromatic heterocycles. The largest absolute Gasteiger partial charge is 0.269 e. The summed E-state index contributed by atoms with van der Waals surface area (Å²) in [4.78, 5) is 0.167. The van der Waals surface area contributed by atoms with Gasteiger partial charge in [-0.2, -0.15) is 0 Å². The van der Waals surface area contributed by atoms with Crippen molar-refractivity contribution in [2.24, 2.45) is 0 Å². The van der Waals surface area contributed by atoms with E-state index >= 15 is 0 Å². The lowest BCUT2D eigenvalue weighted by molar-refractivity contribution is 0.588. The number of halogens is 3. The molecule has 0 unspecified atom stereocenters. The van der Waals surface area contributed by atoms with Gasteiger partial charge in [0, 0.05) is 9.86 Å². The summed E-state index contributed by atoms with van der Waals surface area (Å²) < 4.78 is 41.4. The zero-order valence-corrected chi connectivity index (χ0v) is 15.0. The number of benzene rings is 2. The molecule has 0 radical (unpaired) electrons. The van der Waals surface area contributed by atoms with Crippen molar-refractivity contribution >= 4 is 59.4 Å². The van der Waals surface area contributed by atoms with E-state index in [-0.39, 0.29) is 4.90 Å². The first-order valence-corrected chi connectivity index (χ1v) is 9.19. The van der Waals surface area contributed by atoms with E-state index in [2.05, 4.69) is 15.9 Å². The van der Waals surface area contributed by atoms with E-state index in [1.165, 1.54) is 24.3 Å². The first-order valence-electron chi connectivity index (χ1n) is 5.88. The predicted octanol–water partition coefficient (Wildman–Crippen LogP) is 4.38. The molecule has 0 amide bonds. The molecule has 2 aromatic carbocycles. The Morgan fingerprint density at radius 2 is 1.76 bits per heavy atom. The Morgan fingerprint density at radius 3 is 2.43 bits per heavy atom. The number of aromatic nitrogens is 1. The minimum atomic E-state index is -3.76. The van der Waals surface area contributed by atoms with Crippen molar-refractivity contribution in [2.45, 2.75) is 4.90 Å². The Bertz CT molecular complexity index is 939. The second kappa shape index (κ2) is 5.36. The van der Waals surface area contributed by atoms with Gasteiger partial charge in [0.05, 0.1) is 14.1 Å². The lowest BCUT2D eigenvalue weighted by Gasteiger charge is -2.09. The monoisotopic (exact) mass is 479 g/mol. The second-order valence-corrected chi connectivity index (χ2v) is 8.12. The van der Waals surface area contributed by atoms with Crippen molar-refractivity contribution in [3.63, 3.8) is 0 Å². The van der Waals surface area contributed by atoms with Crippen LogP contribution < -0.4 is 0 Å². The number of hydrogen-bond donors (Lipinski definition) is 0. The van der Waals surface area contributed by atoms with Crippen LogP contribution in [0.4, 0.5) is 4.39 Å². The minimum Gasteiger partial charge on any atom is -0.228 e. The second-order valence-electron chi connectivity index (χ2n) is 4.37. The van der Waals surface area contributed by atoms with Gasteiger partial charge in [0.25, 0.3) is 10.0 Å². The molecule has 0 aliphatic rings. The maximum Gasteiger partial charge on any atom is 0.269 e. The number of fused-ring (bicyclic) bond motifs is 1. The lowest BCUT2D eigenvalue weighted by Crippen LogP contribution is -2.14. The third kappa shape index (κ3) is 2.51. The third-order valence-corrected chi connectivity index (χ3v) is 6.55. The molecule has 0 aliphatic carbocycles. The van der Waals surface area contributed by atoms with Crippen LogP contribution in [0.1, 0.15) is 0 Å². The summed E-state index contributed by atoms with van der Waals surface area (Å²) in [5, 5.41) is 0.653. The van der Waals surface area contributed by atoms with Gasteiger partial charge in [0.15, 0.2) is 0 Å². The Balaban J connectivity index is 2.38. The van der Waals surface area contributed by atoms with Gasteiger partial charge in [-0.05, 0) is 68.9 Å². The SMILES string of the molecule is O=S(=O)(c1ccccc1)n1c(I)cc2c(Br)cc(F)cc21. The molecular formula is C14H8BrFINO2S. The molecule has 0 aliphatic heterocycles. The Labute approximate surface area is 143 Å². The maximum atomic E-state index is 13.6. The van der Waals surface area contributed by atoms with E-state index in [4.69, 9.17) is 0 Å². The van der Waals surface area contributed by atoms with Crippen molar-refractivity contribution in [2.75, 3.05) is 0 Å². The maximum absolute atomic E-state index is 13.6. The zero-order chi connectivity index (χ0) is 15.2. The van der Waals surface area contributed by atoms with E-state index in [0.29, 0.717) is 19.1 Å². The highest BCUT2D eigenvalue weighted by molar-refractivity contribution is 14.1.